The van der Waals surface area contributed by atoms with Gasteiger partial charge in [0.1, 0.15) is 12.4 Å². The van der Waals surface area contributed by atoms with Crippen LogP contribution in [0, 0.1) is 0 Å². The van der Waals surface area contributed by atoms with Crippen molar-refractivity contribution in [2.24, 2.45) is 0 Å². The maximum absolute atomic E-state index is 13.1. The van der Waals surface area contributed by atoms with Crippen molar-refractivity contribution >= 4 is 23.2 Å². The van der Waals surface area contributed by atoms with E-state index in [-0.39, 0.29) is 11.9 Å². The van der Waals surface area contributed by atoms with Gasteiger partial charge in [0.25, 0.3) is 5.91 Å². The molecule has 3 N–H and O–H groups in total. The average Bonchev–Trinajstić information content (AvgIpc) is 2.82. The normalized spacial score (nSPS) is 15.5. The molecule has 0 bridgehead atoms. The second-order valence-corrected chi connectivity index (χ2v) is 7.99. The fourth-order valence-corrected chi connectivity index (χ4v) is 3.89. The van der Waals surface area contributed by atoms with E-state index in [2.05, 4.69) is 16.0 Å². The van der Waals surface area contributed by atoms with E-state index < -0.39 is 0 Å². The third kappa shape index (κ3) is 5.34. The minimum atomic E-state index is -0.345. The standard InChI is InChI=1S/C26H25N3O2S/c1-18-23(25(30)27-16-19-8-4-2-5-9-19)24(29-26(32)28-18)21-12-14-22(15-13-21)31-17-20-10-6-3-7-11-20/h2-15,24H,16-17H2,1H3,(H,27,30)(H2,28,29,32). The first-order chi connectivity index (χ1) is 15.6. The fourth-order valence-electron chi connectivity index (χ4n) is 3.62. The Morgan fingerprint density at radius 3 is 2.22 bits per heavy atom. The molecule has 1 amide bonds. The van der Waals surface area contributed by atoms with Crippen molar-refractivity contribution in [1.82, 2.24) is 16.0 Å². The minimum absolute atomic E-state index is 0.136. The molecule has 1 heterocycles. The van der Waals surface area contributed by atoms with Crippen LogP contribution in [0.2, 0.25) is 0 Å². The Balaban J connectivity index is 1.47. The lowest BCUT2D eigenvalue weighted by atomic mass is 9.95. The van der Waals surface area contributed by atoms with Gasteiger partial charge in [-0.2, -0.15) is 0 Å². The summed E-state index contributed by atoms with van der Waals surface area (Å²) < 4.78 is 5.89. The lowest BCUT2D eigenvalue weighted by Crippen LogP contribution is -2.46. The van der Waals surface area contributed by atoms with Gasteiger partial charge < -0.3 is 20.7 Å². The highest BCUT2D eigenvalue weighted by atomic mass is 32.1. The van der Waals surface area contributed by atoms with Gasteiger partial charge >= 0.3 is 0 Å². The molecule has 0 fully saturated rings. The topological polar surface area (TPSA) is 62.4 Å². The summed E-state index contributed by atoms with van der Waals surface area (Å²) in [6, 6.07) is 27.3. The number of nitrogens with one attached hydrogen (secondary N) is 3. The van der Waals surface area contributed by atoms with Gasteiger partial charge in [0, 0.05) is 12.2 Å². The predicted molar refractivity (Wildman–Crippen MR) is 130 cm³/mol. The van der Waals surface area contributed by atoms with Gasteiger partial charge in [-0.15, -0.1) is 0 Å². The van der Waals surface area contributed by atoms with Gasteiger partial charge in [-0.3, -0.25) is 4.79 Å². The van der Waals surface area contributed by atoms with Crippen LogP contribution in [0.25, 0.3) is 0 Å². The second kappa shape index (κ2) is 10.1. The van der Waals surface area contributed by atoms with Gasteiger partial charge in [0.2, 0.25) is 0 Å². The van der Waals surface area contributed by atoms with Gasteiger partial charge in [-0.1, -0.05) is 72.8 Å². The molecule has 0 aliphatic carbocycles. The summed E-state index contributed by atoms with van der Waals surface area (Å²) in [6.07, 6.45) is 0. The molecule has 1 aliphatic rings. The molecule has 1 unspecified atom stereocenters. The summed E-state index contributed by atoms with van der Waals surface area (Å²) in [5, 5.41) is 9.82. The number of benzene rings is 3. The Kier molecular flexibility index (Phi) is 6.82. The molecule has 0 radical (unpaired) electrons. The lowest BCUT2D eigenvalue weighted by Gasteiger charge is -2.30. The van der Waals surface area contributed by atoms with E-state index in [1.54, 1.807) is 0 Å². The number of amides is 1. The van der Waals surface area contributed by atoms with Crippen molar-refractivity contribution in [3.63, 3.8) is 0 Å². The van der Waals surface area contributed by atoms with Crippen LogP contribution in [-0.2, 0) is 17.9 Å². The van der Waals surface area contributed by atoms with E-state index in [9.17, 15) is 4.79 Å². The molecule has 32 heavy (non-hydrogen) atoms. The Morgan fingerprint density at radius 1 is 0.938 bits per heavy atom. The Morgan fingerprint density at radius 2 is 1.56 bits per heavy atom. The first kappa shape index (κ1) is 21.6. The zero-order chi connectivity index (χ0) is 22.3. The Hall–Kier alpha value is -3.64. The lowest BCUT2D eigenvalue weighted by molar-refractivity contribution is -0.118. The number of hydrogen-bond acceptors (Lipinski definition) is 3. The SMILES string of the molecule is CC1=C(C(=O)NCc2ccccc2)C(c2ccc(OCc3ccccc3)cc2)NC(=S)N1. The number of allylic oxidation sites excluding steroid dienone is 1. The number of ether oxygens (including phenoxy) is 1. The van der Waals surface area contributed by atoms with Crippen molar-refractivity contribution in [3.8, 4) is 5.75 Å². The molecule has 3 aromatic rings. The van der Waals surface area contributed by atoms with Gasteiger partial charge in [0.15, 0.2) is 5.11 Å². The summed E-state index contributed by atoms with van der Waals surface area (Å²) in [4.78, 5) is 13.1. The van der Waals surface area contributed by atoms with Crippen LogP contribution in [0.15, 0.2) is 96.2 Å². The molecule has 0 aromatic heterocycles. The van der Waals surface area contributed by atoms with Crippen molar-refractivity contribution in [2.45, 2.75) is 26.1 Å². The summed E-state index contributed by atoms with van der Waals surface area (Å²) >= 11 is 5.35. The first-order valence-electron chi connectivity index (χ1n) is 10.5. The minimum Gasteiger partial charge on any atom is -0.489 e. The monoisotopic (exact) mass is 443 g/mol. The number of hydrogen-bond donors (Lipinski definition) is 3. The zero-order valence-corrected chi connectivity index (χ0v) is 18.6. The highest BCUT2D eigenvalue weighted by Crippen LogP contribution is 2.28. The van der Waals surface area contributed by atoms with E-state index >= 15 is 0 Å². The maximum atomic E-state index is 13.1. The van der Waals surface area contributed by atoms with Crippen LogP contribution in [-0.4, -0.2) is 11.0 Å². The average molecular weight is 444 g/mol. The van der Waals surface area contributed by atoms with E-state index in [1.165, 1.54) is 0 Å². The maximum Gasteiger partial charge on any atom is 0.251 e. The fraction of sp³-hybridized carbons (Fsp3) is 0.154. The van der Waals surface area contributed by atoms with E-state index in [0.29, 0.717) is 23.8 Å². The highest BCUT2D eigenvalue weighted by Gasteiger charge is 2.29. The first-order valence-corrected chi connectivity index (χ1v) is 10.9. The third-order valence-corrected chi connectivity index (χ3v) is 5.49. The smallest absolute Gasteiger partial charge is 0.251 e. The molecule has 0 saturated heterocycles. The second-order valence-electron chi connectivity index (χ2n) is 7.58. The van der Waals surface area contributed by atoms with Crippen LogP contribution in [0.4, 0.5) is 0 Å². The van der Waals surface area contributed by atoms with Crippen LogP contribution in [0.5, 0.6) is 5.75 Å². The van der Waals surface area contributed by atoms with Crippen molar-refractivity contribution in [2.75, 3.05) is 0 Å². The predicted octanol–water partition coefficient (Wildman–Crippen LogP) is 4.37. The summed E-state index contributed by atoms with van der Waals surface area (Å²) in [7, 11) is 0. The van der Waals surface area contributed by atoms with Gasteiger partial charge in [-0.25, -0.2) is 0 Å². The molecule has 6 heteroatoms. The molecule has 1 aliphatic heterocycles. The van der Waals surface area contributed by atoms with Crippen LogP contribution < -0.4 is 20.7 Å². The molecule has 1 atom stereocenters. The zero-order valence-electron chi connectivity index (χ0n) is 17.8. The van der Waals surface area contributed by atoms with Crippen LogP contribution >= 0.6 is 12.2 Å². The number of thiocarbonyl (C=S) groups is 1. The van der Waals surface area contributed by atoms with Gasteiger partial charge in [0.05, 0.1) is 11.6 Å². The molecular weight excluding hydrogens is 418 g/mol. The molecule has 5 nitrogen and oxygen atoms in total. The summed E-state index contributed by atoms with van der Waals surface area (Å²) in [5.41, 5.74) is 4.45. The van der Waals surface area contributed by atoms with Crippen molar-refractivity contribution < 1.29 is 9.53 Å². The largest absolute Gasteiger partial charge is 0.489 e. The molecule has 0 spiro atoms. The van der Waals surface area contributed by atoms with E-state index in [0.717, 1.165) is 28.1 Å². The van der Waals surface area contributed by atoms with E-state index in [4.69, 9.17) is 17.0 Å². The number of rotatable bonds is 7. The van der Waals surface area contributed by atoms with Crippen molar-refractivity contribution in [3.05, 3.63) is 113 Å². The molecule has 0 saturated carbocycles. The Bertz CT molecular complexity index is 1110. The molecule has 4 rings (SSSR count). The summed E-state index contributed by atoms with van der Waals surface area (Å²) in [6.45, 7) is 2.83. The van der Waals surface area contributed by atoms with E-state index in [1.807, 2.05) is 91.9 Å². The van der Waals surface area contributed by atoms with Crippen LogP contribution in [0.1, 0.15) is 29.7 Å². The molecule has 3 aromatic carbocycles. The molecular formula is C26H25N3O2S. The Labute approximate surface area is 193 Å². The number of carbonyl (C=O) groups excluding carboxylic acids is 1. The van der Waals surface area contributed by atoms with Crippen LogP contribution in [0.3, 0.4) is 0 Å². The highest BCUT2D eigenvalue weighted by molar-refractivity contribution is 7.80. The van der Waals surface area contributed by atoms with Gasteiger partial charge in [-0.05, 0) is 48.0 Å². The molecule has 162 valence electrons. The van der Waals surface area contributed by atoms with Crippen molar-refractivity contribution in [1.29, 1.82) is 0 Å². The number of carbonyl (C=O) groups is 1. The quantitative estimate of drug-likeness (QED) is 0.473. The summed E-state index contributed by atoms with van der Waals surface area (Å²) in [5.74, 6) is 0.633. The third-order valence-electron chi connectivity index (χ3n) is 5.27.